The van der Waals surface area contributed by atoms with Gasteiger partial charge in [0.1, 0.15) is 6.42 Å². The maximum Gasteiger partial charge on any atom is 0.233 e. The first kappa shape index (κ1) is 14.5. The third kappa shape index (κ3) is 2.82. The smallest absolute Gasteiger partial charge is 0.233 e. The van der Waals surface area contributed by atoms with E-state index in [-0.39, 0.29) is 28.7 Å². The Labute approximate surface area is 131 Å². The summed E-state index contributed by atoms with van der Waals surface area (Å²) in [6.07, 6.45) is 1.89. The van der Waals surface area contributed by atoms with Crippen LogP contribution in [-0.2, 0) is 14.3 Å². The summed E-state index contributed by atoms with van der Waals surface area (Å²) in [5.74, 6) is -0.585. The van der Waals surface area contributed by atoms with E-state index in [0.29, 0.717) is 11.4 Å². The lowest BCUT2D eigenvalue weighted by molar-refractivity contribution is -0.123. The van der Waals surface area contributed by atoms with Crippen LogP contribution >= 0.6 is 15.9 Å². The van der Waals surface area contributed by atoms with Gasteiger partial charge >= 0.3 is 0 Å². The summed E-state index contributed by atoms with van der Waals surface area (Å²) >= 11 is 3.72. The number of ether oxygens (including phenoxy) is 1. The van der Waals surface area contributed by atoms with Crippen LogP contribution in [0.25, 0.3) is 0 Å². The molecule has 2 N–H and O–H groups in total. The monoisotopic (exact) mass is 352 g/mol. The SMILES string of the molecule is CC1(C(Br)c2ccc3c(c2)NC(=O)CC(=O)N3)CCCO1. The van der Waals surface area contributed by atoms with Crippen LogP contribution in [0.4, 0.5) is 11.4 Å². The van der Waals surface area contributed by atoms with Crippen LogP contribution in [0.3, 0.4) is 0 Å². The van der Waals surface area contributed by atoms with E-state index in [4.69, 9.17) is 4.74 Å². The molecule has 0 saturated carbocycles. The highest BCUT2D eigenvalue weighted by Gasteiger charge is 2.38. The van der Waals surface area contributed by atoms with Crippen LogP contribution in [-0.4, -0.2) is 24.0 Å². The fourth-order valence-corrected chi connectivity index (χ4v) is 3.47. The zero-order chi connectivity index (χ0) is 15.0. The molecule has 2 unspecified atom stereocenters. The van der Waals surface area contributed by atoms with Crippen molar-refractivity contribution in [1.82, 2.24) is 0 Å². The Bertz CT molecular complexity index is 597. The number of carbonyl (C=O) groups is 2. The van der Waals surface area contributed by atoms with E-state index in [2.05, 4.69) is 33.5 Å². The van der Waals surface area contributed by atoms with Gasteiger partial charge in [0.05, 0.1) is 21.8 Å². The van der Waals surface area contributed by atoms with Crippen molar-refractivity contribution >= 4 is 39.1 Å². The lowest BCUT2D eigenvalue weighted by Crippen LogP contribution is -2.28. The molecule has 21 heavy (non-hydrogen) atoms. The summed E-state index contributed by atoms with van der Waals surface area (Å²) in [5, 5.41) is 5.50. The zero-order valence-electron chi connectivity index (χ0n) is 11.7. The van der Waals surface area contributed by atoms with E-state index in [1.165, 1.54) is 0 Å². The molecule has 0 radical (unpaired) electrons. The summed E-state index contributed by atoms with van der Waals surface area (Å²) in [7, 11) is 0. The van der Waals surface area contributed by atoms with E-state index in [1.54, 1.807) is 0 Å². The van der Waals surface area contributed by atoms with Crippen molar-refractivity contribution in [3.63, 3.8) is 0 Å². The number of alkyl halides is 1. The van der Waals surface area contributed by atoms with E-state index < -0.39 is 0 Å². The van der Waals surface area contributed by atoms with Gasteiger partial charge in [-0.1, -0.05) is 22.0 Å². The second kappa shape index (κ2) is 5.42. The largest absolute Gasteiger partial charge is 0.374 e. The van der Waals surface area contributed by atoms with E-state index in [0.717, 1.165) is 25.0 Å². The molecule has 5 nitrogen and oxygen atoms in total. The Balaban J connectivity index is 1.92. The molecule has 1 aromatic carbocycles. The minimum absolute atomic E-state index is 0.0358. The second-order valence-electron chi connectivity index (χ2n) is 5.71. The van der Waals surface area contributed by atoms with Crippen LogP contribution in [0.5, 0.6) is 0 Å². The fraction of sp³-hybridized carbons (Fsp3) is 0.467. The molecule has 2 aliphatic heterocycles. The van der Waals surface area contributed by atoms with Gasteiger partial charge < -0.3 is 15.4 Å². The highest BCUT2D eigenvalue weighted by molar-refractivity contribution is 9.09. The van der Waals surface area contributed by atoms with Crippen molar-refractivity contribution in [3.8, 4) is 0 Å². The number of halogens is 1. The molecule has 2 amide bonds. The summed E-state index contributed by atoms with van der Waals surface area (Å²) in [6.45, 7) is 2.86. The maximum absolute atomic E-state index is 11.6. The Hall–Kier alpha value is -1.40. The molecule has 6 heteroatoms. The summed E-state index contributed by atoms with van der Waals surface area (Å²) in [6, 6.07) is 5.66. The molecule has 2 atom stereocenters. The van der Waals surface area contributed by atoms with Crippen molar-refractivity contribution in [2.75, 3.05) is 17.2 Å². The van der Waals surface area contributed by atoms with Gasteiger partial charge in [-0.15, -0.1) is 0 Å². The molecular weight excluding hydrogens is 336 g/mol. The number of carbonyl (C=O) groups excluding carboxylic acids is 2. The van der Waals surface area contributed by atoms with E-state index in [9.17, 15) is 9.59 Å². The molecule has 0 spiro atoms. The van der Waals surface area contributed by atoms with Crippen molar-refractivity contribution in [2.45, 2.75) is 36.6 Å². The Kier molecular flexibility index (Phi) is 3.75. The third-order valence-electron chi connectivity index (χ3n) is 3.99. The first-order valence-corrected chi connectivity index (χ1v) is 7.91. The van der Waals surface area contributed by atoms with Gasteiger partial charge in [-0.25, -0.2) is 0 Å². The van der Waals surface area contributed by atoms with Gasteiger partial charge in [0.2, 0.25) is 11.8 Å². The molecule has 0 aliphatic carbocycles. The van der Waals surface area contributed by atoms with Crippen LogP contribution < -0.4 is 10.6 Å². The van der Waals surface area contributed by atoms with Crippen LogP contribution in [0, 0.1) is 0 Å². The topological polar surface area (TPSA) is 67.4 Å². The van der Waals surface area contributed by atoms with Gasteiger partial charge in [-0.3, -0.25) is 9.59 Å². The number of rotatable bonds is 2. The Morgan fingerprint density at radius 3 is 2.62 bits per heavy atom. The zero-order valence-corrected chi connectivity index (χ0v) is 13.3. The molecule has 2 heterocycles. The second-order valence-corrected chi connectivity index (χ2v) is 6.62. The number of fused-ring (bicyclic) bond motifs is 1. The van der Waals surface area contributed by atoms with E-state index in [1.807, 2.05) is 18.2 Å². The Morgan fingerprint density at radius 2 is 1.95 bits per heavy atom. The van der Waals surface area contributed by atoms with Crippen molar-refractivity contribution in [1.29, 1.82) is 0 Å². The predicted octanol–water partition coefficient (Wildman–Crippen LogP) is 2.97. The highest BCUT2D eigenvalue weighted by Crippen LogP contribution is 2.44. The lowest BCUT2D eigenvalue weighted by Gasteiger charge is -2.30. The number of amides is 2. The minimum Gasteiger partial charge on any atom is -0.374 e. The van der Waals surface area contributed by atoms with E-state index >= 15 is 0 Å². The van der Waals surface area contributed by atoms with Crippen molar-refractivity contribution in [2.24, 2.45) is 0 Å². The Morgan fingerprint density at radius 1 is 1.24 bits per heavy atom. The predicted molar refractivity (Wildman–Crippen MR) is 83.6 cm³/mol. The standard InChI is InChI=1S/C15H17BrN2O3/c1-15(5-2-6-21-15)14(16)9-3-4-10-11(7-9)18-13(20)8-12(19)17-10/h3-4,7,14H,2,5-6,8H2,1H3,(H,17,19)(H,18,20). The third-order valence-corrected chi connectivity index (χ3v) is 5.49. The number of nitrogens with one attached hydrogen (secondary N) is 2. The number of hydrogen-bond donors (Lipinski definition) is 2. The first-order valence-electron chi connectivity index (χ1n) is 7.00. The van der Waals surface area contributed by atoms with Gasteiger partial charge in [0.25, 0.3) is 0 Å². The molecule has 1 fully saturated rings. The fourth-order valence-electron chi connectivity index (χ4n) is 2.82. The van der Waals surface area contributed by atoms with Crippen molar-refractivity contribution < 1.29 is 14.3 Å². The molecule has 1 aromatic rings. The van der Waals surface area contributed by atoms with Gasteiger partial charge in [-0.05, 0) is 37.5 Å². The minimum atomic E-state index is -0.294. The molecule has 0 bridgehead atoms. The van der Waals surface area contributed by atoms with Crippen LogP contribution in [0.1, 0.15) is 36.6 Å². The normalized spacial score (nSPS) is 26.6. The maximum atomic E-state index is 11.6. The van der Waals surface area contributed by atoms with Gasteiger partial charge in [0, 0.05) is 6.61 Å². The molecule has 3 rings (SSSR count). The van der Waals surface area contributed by atoms with Crippen LogP contribution in [0.2, 0.25) is 0 Å². The van der Waals surface area contributed by atoms with Crippen LogP contribution in [0.15, 0.2) is 18.2 Å². The average molecular weight is 353 g/mol. The molecule has 0 aromatic heterocycles. The molecule has 2 aliphatic rings. The molecular formula is C15H17BrN2O3. The summed E-state index contributed by atoms with van der Waals surface area (Å²) in [5.41, 5.74) is 2.04. The quantitative estimate of drug-likeness (QED) is 0.635. The van der Waals surface area contributed by atoms with Crippen molar-refractivity contribution in [3.05, 3.63) is 23.8 Å². The molecule has 1 saturated heterocycles. The first-order chi connectivity index (χ1) is 9.98. The summed E-state index contributed by atoms with van der Waals surface area (Å²) < 4.78 is 5.86. The highest BCUT2D eigenvalue weighted by atomic mass is 79.9. The van der Waals surface area contributed by atoms with Gasteiger partial charge in [-0.2, -0.15) is 0 Å². The number of anilines is 2. The summed E-state index contributed by atoms with van der Waals surface area (Å²) in [4.78, 5) is 23.2. The van der Waals surface area contributed by atoms with Gasteiger partial charge in [0.15, 0.2) is 0 Å². The molecule has 112 valence electrons. The lowest BCUT2D eigenvalue weighted by atomic mass is 9.93. The number of hydrogen-bond acceptors (Lipinski definition) is 3. The number of benzene rings is 1. The average Bonchev–Trinajstić information content (AvgIpc) is 2.81.